The zero-order chi connectivity index (χ0) is 13.1. The predicted molar refractivity (Wildman–Crippen MR) is 65.7 cm³/mol. The summed E-state index contributed by atoms with van der Waals surface area (Å²) in [5, 5.41) is 11.4. The van der Waals surface area contributed by atoms with E-state index in [2.05, 4.69) is 15.1 Å². The lowest BCUT2D eigenvalue weighted by molar-refractivity contribution is 0.438. The fraction of sp³-hybridized carbons (Fsp3) is 0.273. The molecule has 2 heterocycles. The summed E-state index contributed by atoms with van der Waals surface area (Å²) < 4.78 is 7.21. The van der Waals surface area contributed by atoms with E-state index in [0.29, 0.717) is 11.4 Å². The second-order valence-corrected chi connectivity index (χ2v) is 3.99. The highest BCUT2D eigenvalue weighted by Gasteiger charge is 2.07. The number of hydrogen-bond acceptors (Lipinski definition) is 5. The molecule has 0 saturated heterocycles. The minimum Gasteiger partial charge on any atom is -0.421 e. The van der Waals surface area contributed by atoms with E-state index in [1.807, 2.05) is 13.8 Å². The molecule has 0 bridgehead atoms. The van der Waals surface area contributed by atoms with Crippen molar-refractivity contribution in [2.45, 2.75) is 19.9 Å². The molecule has 7 nitrogen and oxygen atoms in total. The molecule has 0 saturated carbocycles. The van der Waals surface area contributed by atoms with Crippen LogP contribution < -0.4 is 10.5 Å². The van der Waals surface area contributed by atoms with Crippen LogP contribution in [0.25, 0.3) is 0 Å². The van der Waals surface area contributed by atoms with E-state index in [9.17, 15) is 0 Å². The first kappa shape index (κ1) is 12.0. The fourth-order valence-electron chi connectivity index (χ4n) is 1.30. The number of rotatable bonds is 4. The molecule has 0 amide bonds. The van der Waals surface area contributed by atoms with Crippen molar-refractivity contribution in [2.24, 2.45) is 5.73 Å². The molecule has 0 aliphatic carbocycles. The summed E-state index contributed by atoms with van der Waals surface area (Å²) in [6.07, 6.45) is 4.84. The number of hydrogen-bond donors (Lipinski definition) is 2. The number of aromatic nitrogens is 4. The third kappa shape index (κ3) is 2.62. The van der Waals surface area contributed by atoms with Crippen LogP contribution in [-0.4, -0.2) is 25.6 Å². The van der Waals surface area contributed by atoms with E-state index >= 15 is 0 Å². The Labute approximate surface area is 104 Å². The molecule has 0 radical (unpaired) electrons. The molecule has 94 valence electrons. The van der Waals surface area contributed by atoms with Crippen LogP contribution in [0.3, 0.4) is 0 Å². The van der Waals surface area contributed by atoms with E-state index in [1.54, 1.807) is 23.1 Å². The average molecular weight is 246 g/mol. The molecule has 0 fully saturated rings. The van der Waals surface area contributed by atoms with Gasteiger partial charge in [0.25, 0.3) is 0 Å². The SMILES string of the molecule is CC(C)n1cc(Oc2nccc(C(=N)N)n2)cn1. The van der Waals surface area contributed by atoms with Gasteiger partial charge in [0.05, 0.1) is 12.4 Å². The van der Waals surface area contributed by atoms with E-state index in [1.165, 1.54) is 6.20 Å². The number of amidine groups is 1. The normalized spacial score (nSPS) is 10.6. The number of nitrogen functional groups attached to an aromatic ring is 1. The first-order valence-electron chi connectivity index (χ1n) is 5.45. The maximum atomic E-state index is 7.29. The Morgan fingerprint density at radius 2 is 2.28 bits per heavy atom. The molecule has 0 aliphatic heterocycles. The lowest BCUT2D eigenvalue weighted by atomic mass is 10.4. The Hall–Kier alpha value is -2.44. The molecule has 7 heteroatoms. The van der Waals surface area contributed by atoms with Crippen LogP contribution in [0.1, 0.15) is 25.6 Å². The van der Waals surface area contributed by atoms with Gasteiger partial charge in [-0.3, -0.25) is 10.1 Å². The number of nitrogens with zero attached hydrogens (tertiary/aromatic N) is 4. The van der Waals surface area contributed by atoms with Gasteiger partial charge in [0.2, 0.25) is 0 Å². The van der Waals surface area contributed by atoms with Gasteiger partial charge in [0, 0.05) is 12.2 Å². The third-order valence-corrected chi connectivity index (χ3v) is 2.23. The van der Waals surface area contributed by atoms with Crippen molar-refractivity contribution in [1.82, 2.24) is 19.7 Å². The van der Waals surface area contributed by atoms with Gasteiger partial charge in [-0.1, -0.05) is 0 Å². The van der Waals surface area contributed by atoms with Crippen LogP contribution >= 0.6 is 0 Å². The Morgan fingerprint density at radius 1 is 1.50 bits per heavy atom. The molecule has 2 aromatic rings. The maximum absolute atomic E-state index is 7.29. The van der Waals surface area contributed by atoms with Crippen molar-refractivity contribution in [2.75, 3.05) is 0 Å². The van der Waals surface area contributed by atoms with Crippen molar-refractivity contribution < 1.29 is 4.74 Å². The van der Waals surface area contributed by atoms with E-state index in [4.69, 9.17) is 15.9 Å². The lowest BCUT2D eigenvalue weighted by Gasteiger charge is -2.04. The number of nitrogens with two attached hydrogens (primary N) is 1. The van der Waals surface area contributed by atoms with Crippen LogP contribution in [0, 0.1) is 5.41 Å². The van der Waals surface area contributed by atoms with E-state index in [0.717, 1.165) is 0 Å². The minimum absolute atomic E-state index is 0.125. The fourth-order valence-corrected chi connectivity index (χ4v) is 1.30. The molecule has 2 rings (SSSR count). The summed E-state index contributed by atoms with van der Waals surface area (Å²) >= 11 is 0. The van der Waals surface area contributed by atoms with Gasteiger partial charge < -0.3 is 10.5 Å². The largest absolute Gasteiger partial charge is 0.421 e. The Morgan fingerprint density at radius 3 is 2.89 bits per heavy atom. The summed E-state index contributed by atoms with van der Waals surface area (Å²) in [5.74, 6) is 0.421. The number of nitrogens with one attached hydrogen (secondary N) is 1. The minimum atomic E-state index is -0.125. The second-order valence-electron chi connectivity index (χ2n) is 3.99. The molecule has 18 heavy (non-hydrogen) atoms. The maximum Gasteiger partial charge on any atom is 0.322 e. The molecule has 0 aromatic carbocycles. The standard InChI is InChI=1S/C11H14N6O/c1-7(2)17-6-8(5-15-17)18-11-14-4-3-9(16-11)10(12)13/h3-7H,1-2H3,(H3,12,13). The molecule has 2 aromatic heterocycles. The Balaban J connectivity index is 2.17. The van der Waals surface area contributed by atoms with Crippen molar-refractivity contribution >= 4 is 5.84 Å². The van der Waals surface area contributed by atoms with Crippen molar-refractivity contribution in [3.8, 4) is 11.8 Å². The quantitative estimate of drug-likeness (QED) is 0.625. The first-order chi connectivity index (χ1) is 8.56. The second kappa shape index (κ2) is 4.82. The smallest absolute Gasteiger partial charge is 0.322 e. The summed E-state index contributed by atoms with van der Waals surface area (Å²) in [6.45, 7) is 4.04. The Kier molecular flexibility index (Phi) is 3.22. The third-order valence-electron chi connectivity index (χ3n) is 2.23. The molecule has 0 aliphatic rings. The van der Waals surface area contributed by atoms with E-state index in [-0.39, 0.29) is 17.9 Å². The van der Waals surface area contributed by atoms with Gasteiger partial charge in [0.1, 0.15) is 11.5 Å². The monoisotopic (exact) mass is 246 g/mol. The Bertz CT molecular complexity index is 562. The average Bonchev–Trinajstić information content (AvgIpc) is 2.78. The highest BCUT2D eigenvalue weighted by atomic mass is 16.5. The van der Waals surface area contributed by atoms with Crippen LogP contribution in [-0.2, 0) is 0 Å². The van der Waals surface area contributed by atoms with Gasteiger partial charge in [0.15, 0.2) is 5.75 Å². The summed E-state index contributed by atoms with van der Waals surface area (Å²) in [6, 6.07) is 1.95. The highest BCUT2D eigenvalue weighted by molar-refractivity contribution is 5.92. The van der Waals surface area contributed by atoms with Crippen LogP contribution in [0.2, 0.25) is 0 Å². The lowest BCUT2D eigenvalue weighted by Crippen LogP contribution is -2.13. The first-order valence-corrected chi connectivity index (χ1v) is 5.45. The van der Waals surface area contributed by atoms with Gasteiger partial charge >= 0.3 is 6.01 Å². The van der Waals surface area contributed by atoms with Crippen molar-refractivity contribution in [3.05, 3.63) is 30.4 Å². The van der Waals surface area contributed by atoms with Gasteiger partial charge in [-0.2, -0.15) is 10.1 Å². The van der Waals surface area contributed by atoms with Crippen molar-refractivity contribution in [3.63, 3.8) is 0 Å². The zero-order valence-electron chi connectivity index (χ0n) is 10.2. The van der Waals surface area contributed by atoms with Gasteiger partial charge in [-0.25, -0.2) is 4.98 Å². The molecule has 0 spiro atoms. The molecule has 0 atom stereocenters. The summed E-state index contributed by atoms with van der Waals surface area (Å²) in [7, 11) is 0. The van der Waals surface area contributed by atoms with Crippen molar-refractivity contribution in [1.29, 1.82) is 5.41 Å². The van der Waals surface area contributed by atoms with Gasteiger partial charge in [-0.05, 0) is 19.9 Å². The molecule has 3 N–H and O–H groups in total. The number of ether oxygens (including phenoxy) is 1. The predicted octanol–water partition coefficient (Wildman–Crippen LogP) is 1.33. The summed E-state index contributed by atoms with van der Waals surface area (Å²) in [5.41, 5.74) is 5.67. The van der Waals surface area contributed by atoms with Crippen LogP contribution in [0.5, 0.6) is 11.8 Å². The van der Waals surface area contributed by atoms with Crippen LogP contribution in [0.15, 0.2) is 24.7 Å². The highest BCUT2D eigenvalue weighted by Crippen LogP contribution is 2.18. The van der Waals surface area contributed by atoms with Crippen LogP contribution in [0.4, 0.5) is 0 Å². The topological polar surface area (TPSA) is 103 Å². The summed E-state index contributed by atoms with van der Waals surface area (Å²) in [4.78, 5) is 7.95. The molecular weight excluding hydrogens is 232 g/mol. The van der Waals surface area contributed by atoms with Gasteiger partial charge in [-0.15, -0.1) is 0 Å². The molecule has 0 unspecified atom stereocenters. The zero-order valence-corrected chi connectivity index (χ0v) is 10.2. The molecular formula is C11H14N6O. The van der Waals surface area contributed by atoms with E-state index < -0.39 is 0 Å².